The van der Waals surface area contributed by atoms with E-state index in [1.807, 2.05) is 30.3 Å². The number of hydrogen-bond donors (Lipinski definition) is 1. The molecule has 2 aromatic rings. The molecule has 1 atom stereocenters. The molecule has 2 rings (SSSR count). The Morgan fingerprint density at radius 3 is 1.98 bits per heavy atom. The molecule has 0 saturated carbocycles. The lowest BCUT2D eigenvalue weighted by Gasteiger charge is -2.19. The van der Waals surface area contributed by atoms with E-state index in [-0.39, 0.29) is 38.5 Å². The minimum absolute atomic E-state index is 0.142. The van der Waals surface area contributed by atoms with E-state index in [0.29, 0.717) is 13.2 Å². The number of anilines is 1. The average Bonchev–Trinajstić information content (AvgIpc) is 2.99. The quantitative estimate of drug-likeness (QED) is 0.0811. The summed E-state index contributed by atoms with van der Waals surface area (Å²) in [5.74, 6) is 0.163. The molecule has 2 N–H and O–H groups in total. The van der Waals surface area contributed by atoms with Gasteiger partial charge in [0.15, 0.2) is 0 Å². The first-order valence-electron chi connectivity index (χ1n) is 15.9. The molecular formula is C32H54N3O6P. The lowest BCUT2D eigenvalue weighted by Crippen LogP contribution is -2.25. The van der Waals surface area contributed by atoms with E-state index in [9.17, 15) is 9.36 Å². The van der Waals surface area contributed by atoms with Crippen LogP contribution in [0.25, 0.3) is 0 Å². The van der Waals surface area contributed by atoms with Crippen molar-refractivity contribution in [3.8, 4) is 0 Å². The highest BCUT2D eigenvalue weighted by Crippen LogP contribution is 2.48. The maximum atomic E-state index is 13.4. The Hall–Kier alpha value is -2.03. The lowest BCUT2D eigenvalue weighted by molar-refractivity contribution is 0.0754. The van der Waals surface area contributed by atoms with Crippen LogP contribution in [0.4, 0.5) is 5.82 Å². The van der Waals surface area contributed by atoms with Gasteiger partial charge in [-0.3, -0.25) is 9.13 Å². The number of aromatic nitrogens is 2. The van der Waals surface area contributed by atoms with E-state index < -0.39 is 13.3 Å². The number of nitrogens with zero attached hydrogens (tertiary/aromatic N) is 2. The van der Waals surface area contributed by atoms with Crippen LogP contribution in [-0.2, 0) is 36.2 Å². The second kappa shape index (κ2) is 23.4. The van der Waals surface area contributed by atoms with Gasteiger partial charge in [-0.2, -0.15) is 4.98 Å². The summed E-state index contributed by atoms with van der Waals surface area (Å²) in [4.78, 5) is 15.6. The van der Waals surface area contributed by atoms with Gasteiger partial charge in [0.05, 0.1) is 33.0 Å². The summed E-state index contributed by atoms with van der Waals surface area (Å²) in [7, 11) is -3.54. The summed E-state index contributed by atoms with van der Waals surface area (Å²) in [5.41, 5.74) is 5.94. The molecular weight excluding hydrogens is 553 g/mol. The van der Waals surface area contributed by atoms with Crippen LogP contribution in [0, 0.1) is 0 Å². The molecule has 0 aliphatic heterocycles. The van der Waals surface area contributed by atoms with Crippen LogP contribution >= 0.6 is 7.60 Å². The van der Waals surface area contributed by atoms with Gasteiger partial charge >= 0.3 is 13.3 Å². The Labute approximate surface area is 253 Å². The summed E-state index contributed by atoms with van der Waals surface area (Å²) in [6, 6.07) is 11.0. The standard InChI is InChI=1S/C32H54N3O6P/c1-2-3-4-5-6-7-8-9-10-11-12-13-14-18-24-38-26-27-40-42(37,41-28-30-19-16-15-17-20-30)29-39-25-23-35-22-21-31(33)34-32(35)36/h15-17,19-22H,2-14,18,23-29H2,1H3,(H2,33,34,36). The first-order valence-corrected chi connectivity index (χ1v) is 17.7. The van der Waals surface area contributed by atoms with Crippen molar-refractivity contribution in [3.63, 3.8) is 0 Å². The van der Waals surface area contributed by atoms with Gasteiger partial charge in [0.25, 0.3) is 0 Å². The van der Waals surface area contributed by atoms with Gasteiger partial charge in [-0.25, -0.2) is 4.79 Å². The first-order chi connectivity index (χ1) is 20.5. The topological polar surface area (TPSA) is 115 Å². The van der Waals surface area contributed by atoms with E-state index in [4.69, 9.17) is 24.3 Å². The van der Waals surface area contributed by atoms with Crippen molar-refractivity contribution >= 4 is 13.4 Å². The van der Waals surface area contributed by atoms with E-state index in [1.54, 1.807) is 6.20 Å². The van der Waals surface area contributed by atoms with Gasteiger partial charge in [-0.05, 0) is 18.1 Å². The number of benzene rings is 1. The van der Waals surface area contributed by atoms with Crippen molar-refractivity contribution in [3.05, 3.63) is 58.6 Å². The molecule has 10 heteroatoms. The van der Waals surface area contributed by atoms with E-state index in [0.717, 1.165) is 18.4 Å². The second-order valence-electron chi connectivity index (χ2n) is 10.8. The Bertz CT molecular complexity index is 1040. The van der Waals surface area contributed by atoms with Gasteiger partial charge in [-0.1, -0.05) is 121 Å². The molecule has 0 aliphatic rings. The van der Waals surface area contributed by atoms with Gasteiger partial charge < -0.3 is 24.3 Å². The van der Waals surface area contributed by atoms with Crippen LogP contribution in [0.2, 0.25) is 0 Å². The number of ether oxygens (including phenoxy) is 2. The van der Waals surface area contributed by atoms with Crippen LogP contribution < -0.4 is 11.4 Å². The van der Waals surface area contributed by atoms with Crippen molar-refractivity contribution < 1.29 is 23.1 Å². The summed E-state index contributed by atoms with van der Waals surface area (Å²) in [6.45, 7) is 3.94. The minimum Gasteiger partial charge on any atom is -0.383 e. The van der Waals surface area contributed by atoms with Crippen molar-refractivity contribution in [2.24, 2.45) is 0 Å². The fraction of sp³-hybridized carbons (Fsp3) is 0.688. The Morgan fingerprint density at radius 1 is 0.738 bits per heavy atom. The highest BCUT2D eigenvalue weighted by atomic mass is 31.2. The molecule has 1 heterocycles. The Balaban J connectivity index is 1.55. The molecule has 0 saturated heterocycles. The number of hydrogen-bond acceptors (Lipinski definition) is 8. The third kappa shape index (κ3) is 17.8. The summed E-state index contributed by atoms with van der Waals surface area (Å²) < 4.78 is 37.4. The maximum absolute atomic E-state index is 13.4. The highest BCUT2D eigenvalue weighted by molar-refractivity contribution is 7.53. The highest BCUT2D eigenvalue weighted by Gasteiger charge is 2.25. The summed E-state index contributed by atoms with van der Waals surface area (Å²) in [5, 5.41) is 0. The van der Waals surface area contributed by atoms with Crippen LogP contribution in [0.1, 0.15) is 102 Å². The van der Waals surface area contributed by atoms with Crippen LogP contribution in [0.5, 0.6) is 0 Å². The van der Waals surface area contributed by atoms with E-state index in [1.165, 1.54) is 87.7 Å². The molecule has 0 fully saturated rings. The van der Waals surface area contributed by atoms with Crippen molar-refractivity contribution in [2.75, 3.05) is 38.5 Å². The molecule has 1 unspecified atom stereocenters. The van der Waals surface area contributed by atoms with Crippen molar-refractivity contribution in [2.45, 2.75) is 110 Å². The lowest BCUT2D eigenvalue weighted by atomic mass is 10.0. The molecule has 0 aliphatic carbocycles. The Kier molecular flexibility index (Phi) is 20.2. The normalized spacial score (nSPS) is 12.9. The van der Waals surface area contributed by atoms with Gasteiger partial charge in [-0.15, -0.1) is 0 Å². The number of nitrogens with two attached hydrogens (primary N) is 1. The van der Waals surface area contributed by atoms with Crippen molar-refractivity contribution in [1.29, 1.82) is 0 Å². The van der Waals surface area contributed by atoms with Crippen LogP contribution in [0.3, 0.4) is 0 Å². The predicted molar refractivity (Wildman–Crippen MR) is 170 cm³/mol. The van der Waals surface area contributed by atoms with Gasteiger partial charge in [0, 0.05) is 12.8 Å². The SMILES string of the molecule is CCCCCCCCCCCCCCCCOCCOP(=O)(COCCn1ccc(N)nc1=O)OCc1ccccc1. The molecule has 9 nitrogen and oxygen atoms in total. The summed E-state index contributed by atoms with van der Waals surface area (Å²) in [6.07, 6.45) is 19.8. The van der Waals surface area contributed by atoms with E-state index >= 15 is 0 Å². The minimum atomic E-state index is -3.54. The molecule has 0 radical (unpaired) electrons. The third-order valence-electron chi connectivity index (χ3n) is 7.05. The number of unbranched alkanes of at least 4 members (excludes halogenated alkanes) is 13. The summed E-state index contributed by atoms with van der Waals surface area (Å²) >= 11 is 0. The third-order valence-corrected chi connectivity index (χ3v) is 8.65. The molecule has 1 aromatic heterocycles. The molecule has 0 spiro atoms. The molecule has 0 amide bonds. The second-order valence-corrected chi connectivity index (χ2v) is 12.8. The largest absolute Gasteiger partial charge is 0.383 e. The zero-order valence-corrected chi connectivity index (χ0v) is 26.7. The number of rotatable bonds is 27. The fourth-order valence-corrected chi connectivity index (χ4v) is 5.82. The van der Waals surface area contributed by atoms with Crippen molar-refractivity contribution in [1.82, 2.24) is 9.55 Å². The monoisotopic (exact) mass is 607 g/mol. The molecule has 42 heavy (non-hydrogen) atoms. The zero-order chi connectivity index (χ0) is 30.1. The van der Waals surface area contributed by atoms with Crippen LogP contribution in [0.15, 0.2) is 47.4 Å². The smallest absolute Gasteiger partial charge is 0.356 e. The molecule has 0 bridgehead atoms. The number of nitrogen functional groups attached to an aromatic ring is 1. The van der Waals surface area contributed by atoms with Gasteiger partial charge in [0.2, 0.25) is 0 Å². The van der Waals surface area contributed by atoms with E-state index in [2.05, 4.69) is 11.9 Å². The fourth-order valence-electron chi connectivity index (χ4n) is 4.55. The first kappa shape index (κ1) is 36.2. The molecule has 238 valence electrons. The maximum Gasteiger partial charge on any atom is 0.356 e. The molecule has 1 aromatic carbocycles. The predicted octanol–water partition coefficient (Wildman–Crippen LogP) is 7.72. The zero-order valence-electron chi connectivity index (χ0n) is 25.8. The van der Waals surface area contributed by atoms with Crippen LogP contribution in [-0.4, -0.2) is 42.3 Å². The average molecular weight is 608 g/mol. The van der Waals surface area contributed by atoms with Gasteiger partial charge in [0.1, 0.15) is 12.2 Å². The Morgan fingerprint density at radius 2 is 1.36 bits per heavy atom.